The van der Waals surface area contributed by atoms with E-state index in [2.05, 4.69) is 36.6 Å². The van der Waals surface area contributed by atoms with Crippen LogP contribution in [0.2, 0.25) is 0 Å². The van der Waals surface area contributed by atoms with Crippen molar-refractivity contribution in [3.05, 3.63) is 24.3 Å². The number of aliphatic carboxylic acids is 1. The summed E-state index contributed by atoms with van der Waals surface area (Å²) in [5.74, 6) is -6.13. The summed E-state index contributed by atoms with van der Waals surface area (Å²) >= 11 is 0. The number of carboxylic acids is 1. The van der Waals surface area contributed by atoms with E-state index >= 15 is 0 Å². The van der Waals surface area contributed by atoms with Crippen molar-refractivity contribution < 1.29 is 104 Å². The minimum Gasteiger partial charge on any atom is -0.477 e. The first-order valence-corrected chi connectivity index (χ1v) is 43.7. The molecule has 0 bridgehead atoms. The third-order valence-electron chi connectivity index (χ3n) is 22.1. The van der Waals surface area contributed by atoms with Crippen molar-refractivity contribution >= 4 is 17.8 Å². The maximum absolute atomic E-state index is 13.6. The molecule has 634 valence electrons. The van der Waals surface area contributed by atoms with Gasteiger partial charge in [-0.15, -0.1) is 0 Å². The lowest BCUT2D eigenvalue weighted by Gasteiger charge is -2.50. The standard InChI is InChI=1S/C85H158N2O21/c1-4-6-8-10-12-14-16-18-20-22-24-26-28-30-31-32-33-34-35-37-39-41-43-45-47-49-51-53-55-57-59-72(95)87-66(67(92)58-56-54-52-50-48-46-44-42-40-38-36-29-27-25-23-21-19-17-15-13-11-9-7-5-2)64-103-82-77(99)76(98)79(71(63-90)105-82)106-83-78(100)81(75(97)70(62-89)104-83)108-85(84(101)102)60-68(93)73(86-65(3)91)80(107-85)74(96)69(94)61-88/h30-31,56,58,66-71,73-83,88-90,92-94,96-100H,4-29,32-55,57,59-64H2,1-3H3,(H,86,91)(H,87,95)(H,101,102)/b31-30-,58-56+. The number of allylic oxidation sites excluding steroid dienone is 3. The first kappa shape index (κ1) is 99.4. The van der Waals surface area contributed by atoms with Crippen molar-refractivity contribution in [1.82, 2.24) is 10.6 Å². The molecule has 3 saturated heterocycles. The summed E-state index contributed by atoms with van der Waals surface area (Å²) in [6.07, 6.45) is 43.6. The van der Waals surface area contributed by atoms with Crippen molar-refractivity contribution in [3.63, 3.8) is 0 Å². The Balaban J connectivity index is 1.48. The van der Waals surface area contributed by atoms with Gasteiger partial charge in [-0.25, -0.2) is 4.79 Å². The van der Waals surface area contributed by atoms with Crippen LogP contribution < -0.4 is 10.6 Å². The molecule has 0 radical (unpaired) electrons. The van der Waals surface area contributed by atoms with Crippen LogP contribution in [0.5, 0.6) is 0 Å². The Labute approximate surface area is 651 Å². The molecule has 3 rings (SSSR count). The normalized spacial score (nSPS) is 25.9. The third-order valence-corrected chi connectivity index (χ3v) is 22.1. The van der Waals surface area contributed by atoms with E-state index in [9.17, 15) is 75.7 Å². The molecule has 3 aliphatic heterocycles. The highest BCUT2D eigenvalue weighted by Gasteiger charge is 2.60. The smallest absolute Gasteiger partial charge is 0.364 e. The van der Waals surface area contributed by atoms with Crippen LogP contribution in [-0.4, -0.2) is 215 Å². The average Bonchev–Trinajstić information content (AvgIpc) is 0.755. The van der Waals surface area contributed by atoms with E-state index < -0.39 is 155 Å². The largest absolute Gasteiger partial charge is 0.477 e. The van der Waals surface area contributed by atoms with E-state index in [0.717, 1.165) is 51.9 Å². The molecule has 18 atom stereocenters. The van der Waals surface area contributed by atoms with Crippen LogP contribution in [0.15, 0.2) is 24.3 Å². The molecule has 3 aliphatic rings. The van der Waals surface area contributed by atoms with Gasteiger partial charge in [-0.1, -0.05) is 321 Å². The Morgan fingerprint density at radius 2 is 0.870 bits per heavy atom. The van der Waals surface area contributed by atoms with Crippen molar-refractivity contribution in [3.8, 4) is 0 Å². The van der Waals surface area contributed by atoms with E-state index in [4.69, 9.17) is 28.4 Å². The van der Waals surface area contributed by atoms with E-state index in [-0.39, 0.29) is 12.3 Å². The summed E-state index contributed by atoms with van der Waals surface area (Å²) in [6.45, 7) is 2.21. The van der Waals surface area contributed by atoms with Gasteiger partial charge in [-0.3, -0.25) is 9.59 Å². The van der Waals surface area contributed by atoms with Crippen molar-refractivity contribution in [2.75, 3.05) is 26.4 Å². The molecule has 0 spiro atoms. The van der Waals surface area contributed by atoms with Gasteiger partial charge in [0.1, 0.15) is 67.1 Å². The minimum atomic E-state index is -3.08. The molecule has 18 unspecified atom stereocenters. The van der Waals surface area contributed by atoms with Crippen LogP contribution in [0.3, 0.4) is 0 Å². The number of ether oxygens (including phenoxy) is 6. The molecule has 23 nitrogen and oxygen atoms in total. The van der Waals surface area contributed by atoms with Crippen molar-refractivity contribution in [1.29, 1.82) is 0 Å². The quantitative estimate of drug-likeness (QED) is 0.0199. The number of unbranched alkanes of at least 4 members (excludes halogenated alkanes) is 48. The fourth-order valence-corrected chi connectivity index (χ4v) is 15.2. The topological polar surface area (TPSA) is 373 Å². The Morgan fingerprint density at radius 1 is 0.481 bits per heavy atom. The molecular weight excluding hydrogens is 1380 g/mol. The van der Waals surface area contributed by atoms with Gasteiger partial charge >= 0.3 is 5.97 Å². The van der Waals surface area contributed by atoms with E-state index in [1.54, 1.807) is 6.08 Å². The molecule has 0 aromatic heterocycles. The molecule has 3 heterocycles. The Morgan fingerprint density at radius 3 is 1.26 bits per heavy atom. The third kappa shape index (κ3) is 42.5. The molecule has 0 saturated carbocycles. The first-order chi connectivity index (χ1) is 52.4. The van der Waals surface area contributed by atoms with Gasteiger partial charge in [0.15, 0.2) is 12.6 Å². The number of carbonyl (C=O) groups excluding carboxylic acids is 2. The number of carbonyl (C=O) groups is 3. The highest BCUT2D eigenvalue weighted by molar-refractivity contribution is 5.77. The lowest BCUT2D eigenvalue weighted by atomic mass is 9.88. The SMILES string of the molecule is CCCCCCCCCCCCCC/C=C\CCCCCCCCCCCCCCCCC(=O)NC(COC1OC(CO)C(OC2OC(CO)C(O)C(OC3(C(=O)O)CC(O)C(NC(C)=O)C(C(O)C(O)CO)O3)C2O)C(O)C1O)C(O)/C=C/CCCCCCCCCCCCCCCCCCCCCCCC. The number of carboxylic acid groups (broad SMARTS) is 1. The molecule has 0 aromatic carbocycles. The minimum absolute atomic E-state index is 0.203. The predicted octanol–water partition coefficient (Wildman–Crippen LogP) is 13.1. The highest BCUT2D eigenvalue weighted by Crippen LogP contribution is 2.39. The van der Waals surface area contributed by atoms with Crippen LogP contribution in [0.1, 0.15) is 361 Å². The summed E-state index contributed by atoms with van der Waals surface area (Å²) in [4.78, 5) is 38.8. The van der Waals surface area contributed by atoms with E-state index in [1.807, 2.05) is 6.08 Å². The van der Waals surface area contributed by atoms with Crippen molar-refractivity contribution in [2.24, 2.45) is 0 Å². The number of aliphatic hydroxyl groups excluding tert-OH is 11. The fraction of sp³-hybridized carbons (Fsp3) is 0.918. The number of amides is 2. The summed E-state index contributed by atoms with van der Waals surface area (Å²) in [5.41, 5.74) is 0. The van der Waals surface area contributed by atoms with Gasteiger partial charge in [0.2, 0.25) is 11.8 Å². The summed E-state index contributed by atoms with van der Waals surface area (Å²) in [6, 6.07) is -2.62. The second-order valence-electron chi connectivity index (χ2n) is 31.8. The van der Waals surface area contributed by atoms with Crippen LogP contribution in [0.25, 0.3) is 0 Å². The van der Waals surface area contributed by atoms with Gasteiger partial charge in [0, 0.05) is 19.8 Å². The zero-order valence-corrected chi connectivity index (χ0v) is 67.5. The van der Waals surface area contributed by atoms with Crippen molar-refractivity contribution in [2.45, 2.75) is 471 Å². The second kappa shape index (κ2) is 63.5. The molecule has 0 aromatic rings. The maximum atomic E-state index is 13.6. The number of nitrogens with one attached hydrogen (secondary N) is 2. The lowest BCUT2D eigenvalue weighted by Crippen LogP contribution is -2.70. The molecule has 3 fully saturated rings. The number of hydrogen-bond acceptors (Lipinski definition) is 20. The zero-order valence-electron chi connectivity index (χ0n) is 67.5. The van der Waals surface area contributed by atoms with E-state index in [0.29, 0.717) is 12.8 Å². The molecular formula is C85H158N2O21. The Kier molecular flexibility index (Phi) is 58.5. The fourth-order valence-electron chi connectivity index (χ4n) is 15.2. The van der Waals surface area contributed by atoms with Crippen LogP contribution >= 0.6 is 0 Å². The number of hydrogen-bond donors (Lipinski definition) is 14. The molecule has 2 amide bonds. The summed E-state index contributed by atoms with van der Waals surface area (Å²) < 4.78 is 35.0. The molecule has 14 N–H and O–H groups in total. The predicted molar refractivity (Wildman–Crippen MR) is 421 cm³/mol. The average molecular weight is 1540 g/mol. The molecule has 0 aliphatic carbocycles. The highest BCUT2D eigenvalue weighted by atomic mass is 16.8. The zero-order chi connectivity index (χ0) is 78.8. The van der Waals surface area contributed by atoms with Gasteiger partial charge in [0.25, 0.3) is 5.79 Å². The second-order valence-corrected chi connectivity index (χ2v) is 31.8. The van der Waals surface area contributed by atoms with Gasteiger partial charge < -0.3 is 100 Å². The first-order valence-electron chi connectivity index (χ1n) is 43.7. The molecule has 108 heavy (non-hydrogen) atoms. The van der Waals surface area contributed by atoms with Crippen LogP contribution in [0.4, 0.5) is 0 Å². The lowest BCUT2D eigenvalue weighted by molar-refractivity contribution is -0.386. The van der Waals surface area contributed by atoms with Gasteiger partial charge in [-0.05, 0) is 44.9 Å². The van der Waals surface area contributed by atoms with Crippen LogP contribution in [-0.2, 0) is 42.8 Å². The molecule has 23 heteroatoms. The summed E-state index contributed by atoms with van der Waals surface area (Å²) in [5, 5.41) is 137. The van der Waals surface area contributed by atoms with Gasteiger partial charge in [-0.2, -0.15) is 0 Å². The Bertz CT molecular complexity index is 2240. The van der Waals surface area contributed by atoms with E-state index in [1.165, 1.54) is 270 Å². The Hall–Kier alpha value is -2.79. The number of aliphatic hydroxyl groups is 11. The van der Waals surface area contributed by atoms with Gasteiger partial charge in [0.05, 0.1) is 50.7 Å². The monoisotopic (exact) mass is 1540 g/mol. The van der Waals surface area contributed by atoms with Crippen LogP contribution in [0, 0.1) is 0 Å². The summed E-state index contributed by atoms with van der Waals surface area (Å²) in [7, 11) is 0. The maximum Gasteiger partial charge on any atom is 0.364 e. The number of rotatable bonds is 70.